The molecule has 4 amide bonds. The normalized spacial score (nSPS) is 29.2. The quantitative estimate of drug-likeness (QED) is 0.655. The minimum Gasteiger partial charge on any atom is -0.474 e. The first kappa shape index (κ1) is 20.9. The Balaban J connectivity index is 1.16. The second-order valence-corrected chi connectivity index (χ2v) is 9.87. The molecule has 32 heavy (non-hydrogen) atoms. The highest BCUT2D eigenvalue weighted by molar-refractivity contribution is 9.10. The van der Waals surface area contributed by atoms with Gasteiger partial charge in [0, 0.05) is 16.7 Å². The van der Waals surface area contributed by atoms with Crippen LogP contribution in [0.1, 0.15) is 54.1 Å². The number of urea groups is 1. The maximum absolute atomic E-state index is 12.8. The fraction of sp³-hybridized carbons (Fsp3) is 0.391. The van der Waals surface area contributed by atoms with E-state index in [1.54, 1.807) is 18.3 Å². The molecule has 1 aliphatic heterocycles. The number of aromatic nitrogens is 1. The van der Waals surface area contributed by atoms with Gasteiger partial charge in [-0.05, 0) is 60.9 Å². The summed E-state index contributed by atoms with van der Waals surface area (Å²) < 4.78 is 6.81. The molecule has 1 aromatic carbocycles. The lowest BCUT2D eigenvalue weighted by Crippen LogP contribution is -2.64. The van der Waals surface area contributed by atoms with Crippen molar-refractivity contribution in [2.24, 2.45) is 11.1 Å². The third kappa shape index (κ3) is 3.74. The van der Waals surface area contributed by atoms with Gasteiger partial charge in [0.2, 0.25) is 11.8 Å². The first-order chi connectivity index (χ1) is 15.3. The van der Waals surface area contributed by atoms with E-state index < -0.39 is 5.91 Å². The molecule has 0 unspecified atom stereocenters. The lowest BCUT2D eigenvalue weighted by Gasteiger charge is -2.59. The average Bonchev–Trinajstić information content (AvgIpc) is 2.69. The number of primary amides is 1. The summed E-state index contributed by atoms with van der Waals surface area (Å²) in [7, 11) is 0. The highest BCUT2D eigenvalue weighted by Crippen LogP contribution is 2.58. The summed E-state index contributed by atoms with van der Waals surface area (Å²) in [6.45, 7) is 0. The van der Waals surface area contributed by atoms with Gasteiger partial charge < -0.3 is 15.8 Å². The molecule has 2 aliphatic carbocycles. The maximum Gasteiger partial charge on any atom is 0.324 e. The summed E-state index contributed by atoms with van der Waals surface area (Å²) in [5, 5.41) is 2.98. The Labute approximate surface area is 193 Å². The standard InChI is InChI=1S/C23H23BrN4O4/c24-14-4-1-3-13(7-14)18-8-19(29)28(22(31)27-18)15-9-23(10-15)11-16(12-23)32-21-17(20(25)30)5-2-6-26-21/h1-7,15-16,18H,8-12H2,(H2,25,30)(H,27,31)/t15-,16-,18-,23?/m1/s1. The molecular formula is C23H23BrN4O4. The van der Waals surface area contributed by atoms with Gasteiger partial charge in [-0.1, -0.05) is 28.1 Å². The Kier molecular flexibility index (Phi) is 5.16. The van der Waals surface area contributed by atoms with E-state index in [2.05, 4.69) is 26.2 Å². The van der Waals surface area contributed by atoms with Crippen molar-refractivity contribution >= 4 is 33.8 Å². The zero-order valence-electron chi connectivity index (χ0n) is 17.3. The summed E-state index contributed by atoms with van der Waals surface area (Å²) in [4.78, 5) is 42.6. The van der Waals surface area contributed by atoms with Crippen molar-refractivity contribution in [1.82, 2.24) is 15.2 Å². The smallest absolute Gasteiger partial charge is 0.324 e. The van der Waals surface area contributed by atoms with Gasteiger partial charge in [0.15, 0.2) is 0 Å². The number of rotatable bonds is 5. The van der Waals surface area contributed by atoms with Crippen molar-refractivity contribution in [2.45, 2.75) is 50.3 Å². The molecule has 9 heteroatoms. The molecule has 2 saturated carbocycles. The number of pyridine rings is 1. The number of carbonyl (C=O) groups is 3. The predicted molar refractivity (Wildman–Crippen MR) is 119 cm³/mol. The number of ether oxygens (including phenoxy) is 1. The molecule has 2 heterocycles. The van der Waals surface area contributed by atoms with E-state index in [9.17, 15) is 14.4 Å². The van der Waals surface area contributed by atoms with Crippen molar-refractivity contribution < 1.29 is 19.1 Å². The molecule has 3 fully saturated rings. The second kappa shape index (κ2) is 7.88. The maximum atomic E-state index is 12.8. The number of nitrogens with two attached hydrogens (primary N) is 1. The fourth-order valence-electron chi connectivity index (χ4n) is 5.23. The summed E-state index contributed by atoms with van der Waals surface area (Å²) in [5.41, 5.74) is 6.65. The van der Waals surface area contributed by atoms with E-state index in [0.29, 0.717) is 0 Å². The van der Waals surface area contributed by atoms with Crippen LogP contribution in [0.4, 0.5) is 4.79 Å². The first-order valence-corrected chi connectivity index (χ1v) is 11.4. The number of imide groups is 1. The molecule has 1 atom stereocenters. The molecule has 5 rings (SSSR count). The molecule has 166 valence electrons. The van der Waals surface area contributed by atoms with Gasteiger partial charge in [0.25, 0.3) is 5.91 Å². The van der Waals surface area contributed by atoms with Crippen molar-refractivity contribution in [3.63, 3.8) is 0 Å². The van der Waals surface area contributed by atoms with Crippen LogP contribution in [0.15, 0.2) is 47.1 Å². The predicted octanol–water partition coefficient (Wildman–Crippen LogP) is 3.32. The molecule has 0 bridgehead atoms. The molecule has 0 radical (unpaired) electrons. The third-order valence-corrected chi connectivity index (χ3v) is 7.25. The van der Waals surface area contributed by atoms with Crippen LogP contribution in [0.25, 0.3) is 0 Å². The molecule has 1 aromatic heterocycles. The first-order valence-electron chi connectivity index (χ1n) is 10.6. The van der Waals surface area contributed by atoms with Crippen molar-refractivity contribution in [3.8, 4) is 5.88 Å². The van der Waals surface area contributed by atoms with Gasteiger partial charge in [-0.25, -0.2) is 9.78 Å². The molecule has 3 aliphatic rings. The minimum absolute atomic E-state index is 0.0456. The molecule has 8 nitrogen and oxygen atoms in total. The monoisotopic (exact) mass is 498 g/mol. The van der Waals surface area contributed by atoms with Gasteiger partial charge in [0.05, 0.1) is 12.5 Å². The number of amides is 4. The molecule has 2 aromatic rings. The molecule has 1 saturated heterocycles. The third-order valence-electron chi connectivity index (χ3n) is 6.75. The number of hydrogen-bond donors (Lipinski definition) is 2. The van der Waals surface area contributed by atoms with Crippen LogP contribution < -0.4 is 15.8 Å². The van der Waals surface area contributed by atoms with Gasteiger partial charge in [-0.3, -0.25) is 14.5 Å². The van der Waals surface area contributed by atoms with Crippen molar-refractivity contribution in [1.29, 1.82) is 0 Å². The van der Waals surface area contributed by atoms with Crippen LogP contribution in [0.2, 0.25) is 0 Å². The van der Waals surface area contributed by atoms with E-state index in [1.807, 2.05) is 24.3 Å². The van der Waals surface area contributed by atoms with Crippen LogP contribution in [0.5, 0.6) is 5.88 Å². The van der Waals surface area contributed by atoms with Crippen LogP contribution >= 0.6 is 15.9 Å². The SMILES string of the molecule is NC(=O)c1cccnc1O[C@H]1CC2(C1)C[C@H](N1C(=O)C[C@H](c3cccc(Br)c3)NC1=O)C2. The number of hydrogen-bond acceptors (Lipinski definition) is 5. The van der Waals surface area contributed by atoms with E-state index in [4.69, 9.17) is 10.5 Å². The van der Waals surface area contributed by atoms with Gasteiger partial charge in [0.1, 0.15) is 11.7 Å². The Morgan fingerprint density at radius 3 is 2.66 bits per heavy atom. The topological polar surface area (TPSA) is 115 Å². The van der Waals surface area contributed by atoms with Crippen molar-refractivity contribution in [3.05, 3.63) is 58.2 Å². The summed E-state index contributed by atoms with van der Waals surface area (Å²) in [6.07, 6.45) is 4.95. The highest BCUT2D eigenvalue weighted by atomic mass is 79.9. The summed E-state index contributed by atoms with van der Waals surface area (Å²) in [5.74, 6) is -0.438. The zero-order chi connectivity index (χ0) is 22.5. The zero-order valence-corrected chi connectivity index (χ0v) is 18.9. The van der Waals surface area contributed by atoms with Gasteiger partial charge >= 0.3 is 6.03 Å². The Hall–Kier alpha value is -2.94. The largest absolute Gasteiger partial charge is 0.474 e. The number of benzene rings is 1. The van der Waals surface area contributed by atoms with E-state index in [0.717, 1.165) is 35.7 Å². The highest BCUT2D eigenvalue weighted by Gasteiger charge is 2.57. The number of carbonyl (C=O) groups excluding carboxylic acids is 3. The van der Waals surface area contributed by atoms with Crippen LogP contribution in [-0.4, -0.2) is 39.9 Å². The fourth-order valence-corrected chi connectivity index (χ4v) is 5.64. The van der Waals surface area contributed by atoms with E-state index in [1.165, 1.54) is 4.90 Å². The Morgan fingerprint density at radius 1 is 1.19 bits per heavy atom. The average molecular weight is 499 g/mol. The minimum atomic E-state index is -0.568. The lowest BCUT2D eigenvalue weighted by molar-refractivity contribution is -0.145. The van der Waals surface area contributed by atoms with Gasteiger partial charge in [-0.15, -0.1) is 0 Å². The molecule has 1 spiro atoms. The van der Waals surface area contributed by atoms with Crippen LogP contribution in [0, 0.1) is 5.41 Å². The summed E-state index contributed by atoms with van der Waals surface area (Å²) in [6, 6.07) is 10.2. The van der Waals surface area contributed by atoms with E-state index in [-0.39, 0.29) is 53.4 Å². The Bertz CT molecular complexity index is 1070. The number of nitrogens with one attached hydrogen (secondary N) is 1. The second-order valence-electron chi connectivity index (χ2n) is 8.96. The van der Waals surface area contributed by atoms with Gasteiger partial charge in [-0.2, -0.15) is 0 Å². The van der Waals surface area contributed by atoms with Crippen LogP contribution in [0.3, 0.4) is 0 Å². The number of halogens is 1. The van der Waals surface area contributed by atoms with Crippen molar-refractivity contribution in [2.75, 3.05) is 0 Å². The van der Waals surface area contributed by atoms with Crippen LogP contribution in [-0.2, 0) is 4.79 Å². The van der Waals surface area contributed by atoms with E-state index >= 15 is 0 Å². The number of nitrogens with zero attached hydrogens (tertiary/aromatic N) is 2. The lowest BCUT2D eigenvalue weighted by atomic mass is 9.52. The summed E-state index contributed by atoms with van der Waals surface area (Å²) >= 11 is 3.43. The molecule has 3 N–H and O–H groups in total. The molecular weight excluding hydrogens is 476 g/mol. The Morgan fingerprint density at radius 2 is 1.97 bits per heavy atom.